The van der Waals surface area contributed by atoms with Crippen LogP contribution < -0.4 is 0 Å². The molecule has 4 aliphatic carbocycles. The molecule has 1 aromatic rings. The van der Waals surface area contributed by atoms with E-state index in [0.717, 1.165) is 45.1 Å². The van der Waals surface area contributed by atoms with Crippen LogP contribution in [-0.2, 0) is 14.2 Å². The highest BCUT2D eigenvalue weighted by Crippen LogP contribution is 2.71. The van der Waals surface area contributed by atoms with Gasteiger partial charge < -0.3 is 19.3 Å². The largest absolute Gasteiger partial charge is 0.459 e. The molecule has 0 radical (unpaired) electrons. The van der Waals surface area contributed by atoms with Crippen molar-refractivity contribution in [2.75, 3.05) is 6.61 Å². The third-order valence-corrected chi connectivity index (χ3v) is 13.3. The van der Waals surface area contributed by atoms with Crippen molar-refractivity contribution in [3.05, 3.63) is 35.9 Å². The first-order chi connectivity index (χ1) is 18.7. The second-order valence-electron chi connectivity index (χ2n) is 14.9. The molecule has 0 unspecified atom stereocenters. The molecule has 4 saturated carbocycles. The van der Waals surface area contributed by atoms with Crippen molar-refractivity contribution < 1.29 is 24.1 Å². The van der Waals surface area contributed by atoms with Crippen LogP contribution in [0.2, 0.25) is 0 Å². The zero-order valence-electron chi connectivity index (χ0n) is 24.3. The lowest BCUT2D eigenvalue weighted by Gasteiger charge is -2.62. The van der Waals surface area contributed by atoms with E-state index in [1.807, 2.05) is 30.3 Å². The van der Waals surface area contributed by atoms with Crippen LogP contribution in [0.15, 0.2) is 30.3 Å². The van der Waals surface area contributed by atoms with Gasteiger partial charge in [-0.1, -0.05) is 45.9 Å². The highest BCUT2D eigenvalue weighted by atomic mass is 16.7. The normalized spacial score (nSPS) is 52.4. The van der Waals surface area contributed by atoms with Gasteiger partial charge in [0.2, 0.25) is 0 Å². The molecule has 1 spiro atoms. The molecule has 13 atom stereocenters. The summed E-state index contributed by atoms with van der Waals surface area (Å²) in [7, 11) is 0. The van der Waals surface area contributed by atoms with Crippen LogP contribution >= 0.6 is 0 Å². The van der Waals surface area contributed by atoms with E-state index >= 15 is 0 Å². The average molecular weight is 537 g/mol. The molecule has 7 rings (SSSR count). The Morgan fingerprint density at radius 1 is 0.974 bits per heavy atom. The molecule has 1 N–H and O–H groups in total. The molecule has 5 nitrogen and oxygen atoms in total. The van der Waals surface area contributed by atoms with Gasteiger partial charge in [0.1, 0.15) is 6.10 Å². The molecule has 39 heavy (non-hydrogen) atoms. The van der Waals surface area contributed by atoms with Gasteiger partial charge in [0.15, 0.2) is 5.79 Å². The van der Waals surface area contributed by atoms with E-state index in [9.17, 15) is 9.90 Å². The first kappa shape index (κ1) is 26.5. The van der Waals surface area contributed by atoms with Gasteiger partial charge in [-0.05, 0) is 98.5 Å². The molecule has 2 aliphatic heterocycles. The number of aliphatic hydroxyl groups is 1. The summed E-state index contributed by atoms with van der Waals surface area (Å²) in [5.41, 5.74) is 0.740. The van der Waals surface area contributed by atoms with Crippen LogP contribution in [0.5, 0.6) is 0 Å². The number of hydrogen-bond donors (Lipinski definition) is 1. The number of fused-ring (bicyclic) bond motifs is 7. The number of benzene rings is 1. The number of hydrogen-bond acceptors (Lipinski definition) is 5. The summed E-state index contributed by atoms with van der Waals surface area (Å²) in [5, 5.41) is 12.0. The number of ether oxygens (including phenoxy) is 3. The predicted molar refractivity (Wildman–Crippen MR) is 149 cm³/mol. The van der Waals surface area contributed by atoms with E-state index in [1.165, 1.54) is 19.3 Å². The monoisotopic (exact) mass is 536 g/mol. The SMILES string of the molecule is C[C@H]1CC[C@@]2(OC1)O[C@H]1C[C@H]3[C@@H]4CC[C@H]5C[C@H](OC(=O)c6ccccc6)CC[C@]5(C)[C@H]4C[C@@H](O)[C@]3(C)[C@H]1[C@@H]2C. The Bertz CT molecular complexity index is 1080. The highest BCUT2D eigenvalue weighted by molar-refractivity contribution is 5.89. The topological polar surface area (TPSA) is 65.0 Å². The Hall–Kier alpha value is -1.43. The van der Waals surface area contributed by atoms with Gasteiger partial charge in [-0.25, -0.2) is 4.79 Å². The number of aliphatic hydroxyl groups excluding tert-OH is 1. The van der Waals surface area contributed by atoms with Gasteiger partial charge in [-0.15, -0.1) is 0 Å². The fourth-order valence-electron chi connectivity index (χ4n) is 11.1. The molecule has 0 aromatic heterocycles. The van der Waals surface area contributed by atoms with Gasteiger partial charge >= 0.3 is 5.97 Å². The van der Waals surface area contributed by atoms with E-state index < -0.39 is 5.79 Å². The second kappa shape index (κ2) is 9.29. The van der Waals surface area contributed by atoms with Crippen LogP contribution in [0.3, 0.4) is 0 Å². The highest BCUT2D eigenvalue weighted by Gasteiger charge is 2.71. The van der Waals surface area contributed by atoms with E-state index in [0.29, 0.717) is 47.0 Å². The van der Waals surface area contributed by atoms with Crippen LogP contribution in [0, 0.1) is 52.3 Å². The Morgan fingerprint density at radius 3 is 2.51 bits per heavy atom. The zero-order valence-corrected chi connectivity index (χ0v) is 24.3. The molecular weight excluding hydrogens is 488 g/mol. The Balaban J connectivity index is 1.08. The van der Waals surface area contributed by atoms with Gasteiger partial charge in [0, 0.05) is 23.7 Å². The molecule has 0 amide bonds. The molecule has 6 aliphatic rings. The smallest absolute Gasteiger partial charge is 0.338 e. The van der Waals surface area contributed by atoms with E-state index in [-0.39, 0.29) is 35.1 Å². The third kappa shape index (κ3) is 3.85. The van der Waals surface area contributed by atoms with Crippen molar-refractivity contribution in [1.29, 1.82) is 0 Å². The molecule has 0 bridgehead atoms. The van der Waals surface area contributed by atoms with Crippen molar-refractivity contribution in [3.63, 3.8) is 0 Å². The summed E-state index contributed by atoms with van der Waals surface area (Å²) in [4.78, 5) is 12.8. The van der Waals surface area contributed by atoms with Crippen LogP contribution in [-0.4, -0.2) is 41.8 Å². The maximum Gasteiger partial charge on any atom is 0.338 e. The van der Waals surface area contributed by atoms with Crippen LogP contribution in [0.4, 0.5) is 0 Å². The molecule has 6 fully saturated rings. The van der Waals surface area contributed by atoms with Gasteiger partial charge in [-0.2, -0.15) is 0 Å². The quantitative estimate of drug-likeness (QED) is 0.430. The van der Waals surface area contributed by atoms with Gasteiger partial charge in [-0.3, -0.25) is 0 Å². The summed E-state index contributed by atoms with van der Waals surface area (Å²) in [6, 6.07) is 9.39. The first-order valence-electron chi connectivity index (χ1n) is 15.9. The minimum atomic E-state index is -0.439. The lowest BCUT2D eigenvalue weighted by atomic mass is 9.43. The lowest BCUT2D eigenvalue weighted by molar-refractivity contribution is -0.274. The summed E-state index contributed by atoms with van der Waals surface area (Å²) in [6.45, 7) is 10.3. The summed E-state index contributed by atoms with van der Waals surface area (Å²) < 4.78 is 19.4. The standard InChI is InChI=1S/C34H48O5/c1-20-12-15-34(37-19-20)21(2)30-28(39-34)17-27-25-11-10-23-16-24(38-31(36)22-8-6-5-7-9-22)13-14-32(23,3)26(25)18-29(35)33(27,30)4/h5-9,20-21,23-30,35H,10-19H2,1-4H3/t20-,21-,23-,24+,25+,26-,27-,28-,29+,30-,32-,33+,34+/m0/s1. The van der Waals surface area contributed by atoms with Crippen molar-refractivity contribution in [3.8, 4) is 0 Å². The van der Waals surface area contributed by atoms with Gasteiger partial charge in [0.05, 0.1) is 24.4 Å². The third-order valence-electron chi connectivity index (χ3n) is 13.3. The predicted octanol–water partition coefficient (Wildman–Crippen LogP) is 6.63. The van der Waals surface area contributed by atoms with E-state index in [4.69, 9.17) is 14.2 Å². The molecule has 1 aromatic carbocycles. The number of esters is 1. The van der Waals surface area contributed by atoms with Crippen molar-refractivity contribution in [2.45, 2.75) is 110 Å². The Labute approximate surface area is 234 Å². The second-order valence-corrected chi connectivity index (χ2v) is 14.9. The van der Waals surface area contributed by atoms with Crippen molar-refractivity contribution in [2.24, 2.45) is 52.3 Å². The average Bonchev–Trinajstić information content (AvgIpc) is 3.38. The zero-order chi connectivity index (χ0) is 27.2. The maximum atomic E-state index is 12.8. The fraction of sp³-hybridized carbons (Fsp3) is 0.794. The van der Waals surface area contributed by atoms with Crippen molar-refractivity contribution >= 4 is 5.97 Å². The fourth-order valence-corrected chi connectivity index (χ4v) is 11.1. The van der Waals surface area contributed by atoms with Gasteiger partial charge in [0.25, 0.3) is 0 Å². The molecule has 2 saturated heterocycles. The molecule has 5 heteroatoms. The summed E-state index contributed by atoms with van der Waals surface area (Å²) in [5.74, 6) is 2.89. The molecule has 214 valence electrons. The first-order valence-corrected chi connectivity index (χ1v) is 15.9. The van der Waals surface area contributed by atoms with Crippen molar-refractivity contribution in [1.82, 2.24) is 0 Å². The Kier molecular flexibility index (Phi) is 6.31. The van der Waals surface area contributed by atoms with E-state index in [2.05, 4.69) is 27.7 Å². The maximum absolute atomic E-state index is 12.8. The number of carbonyl (C=O) groups excluding carboxylic acids is 1. The minimum absolute atomic E-state index is 0.000555. The minimum Gasteiger partial charge on any atom is -0.459 e. The lowest BCUT2D eigenvalue weighted by Crippen LogP contribution is -2.59. The van der Waals surface area contributed by atoms with Crippen LogP contribution in [0.25, 0.3) is 0 Å². The summed E-state index contributed by atoms with van der Waals surface area (Å²) in [6.07, 6.45) is 9.43. The number of rotatable bonds is 2. The van der Waals surface area contributed by atoms with E-state index in [1.54, 1.807) is 0 Å². The molecular formula is C34H48O5. The Morgan fingerprint density at radius 2 is 1.77 bits per heavy atom. The molecule has 2 heterocycles. The van der Waals surface area contributed by atoms with Crippen LogP contribution in [0.1, 0.15) is 95.8 Å². The number of carbonyl (C=O) groups is 1. The summed E-state index contributed by atoms with van der Waals surface area (Å²) >= 11 is 0.